The van der Waals surface area contributed by atoms with Crippen LogP contribution >= 0.6 is 27.5 Å². The van der Waals surface area contributed by atoms with Crippen molar-refractivity contribution in [3.05, 3.63) is 91.9 Å². The molecule has 0 radical (unpaired) electrons. The van der Waals surface area contributed by atoms with Crippen molar-refractivity contribution < 1.29 is 14.3 Å². The maximum absolute atomic E-state index is 12.7. The van der Waals surface area contributed by atoms with Gasteiger partial charge in [-0.1, -0.05) is 45.7 Å². The van der Waals surface area contributed by atoms with Gasteiger partial charge < -0.3 is 14.8 Å². The maximum Gasteiger partial charge on any atom is 0.266 e. The van der Waals surface area contributed by atoms with Gasteiger partial charge in [0.25, 0.3) is 5.91 Å². The van der Waals surface area contributed by atoms with Gasteiger partial charge in [0.1, 0.15) is 18.2 Å². The molecule has 0 aliphatic rings. The van der Waals surface area contributed by atoms with Crippen LogP contribution in [0.2, 0.25) is 5.02 Å². The summed E-state index contributed by atoms with van der Waals surface area (Å²) in [5, 5.41) is 22.1. The molecule has 0 saturated heterocycles. The van der Waals surface area contributed by atoms with Crippen molar-refractivity contribution in [3.8, 4) is 23.6 Å². The van der Waals surface area contributed by atoms with E-state index in [-0.39, 0.29) is 12.2 Å². The number of methoxy groups -OCH3 is 1. The van der Waals surface area contributed by atoms with Crippen molar-refractivity contribution in [3.63, 3.8) is 0 Å². The Balaban J connectivity index is 1.85. The van der Waals surface area contributed by atoms with Crippen LogP contribution in [0, 0.1) is 29.6 Å². The number of hydrogen-bond acceptors (Lipinski definition) is 5. The number of carbonyl (C=O) groups excluding carboxylic acids is 1. The van der Waals surface area contributed by atoms with E-state index in [0.717, 1.165) is 11.1 Å². The fourth-order valence-electron chi connectivity index (χ4n) is 3.11. The number of nitriles is 2. The van der Waals surface area contributed by atoms with E-state index in [4.69, 9.17) is 21.1 Å². The molecule has 0 fully saturated rings. The summed E-state index contributed by atoms with van der Waals surface area (Å²) >= 11 is 9.43. The summed E-state index contributed by atoms with van der Waals surface area (Å²) in [6.45, 7) is 1.99. The summed E-state index contributed by atoms with van der Waals surface area (Å²) in [6, 6.07) is 19.7. The van der Waals surface area contributed by atoms with E-state index in [0.29, 0.717) is 37.8 Å². The van der Waals surface area contributed by atoms with Gasteiger partial charge in [0.2, 0.25) is 0 Å². The lowest BCUT2D eigenvalue weighted by molar-refractivity contribution is -0.112. The van der Waals surface area contributed by atoms with Crippen LogP contribution in [0.25, 0.3) is 6.08 Å². The number of benzene rings is 3. The van der Waals surface area contributed by atoms with Crippen LogP contribution in [0.1, 0.15) is 22.3 Å². The number of anilines is 1. The molecule has 3 aromatic carbocycles. The largest absolute Gasteiger partial charge is 0.493 e. The van der Waals surface area contributed by atoms with Crippen LogP contribution in [0.3, 0.4) is 0 Å². The van der Waals surface area contributed by atoms with Gasteiger partial charge in [-0.3, -0.25) is 4.79 Å². The highest BCUT2D eigenvalue weighted by molar-refractivity contribution is 9.10. The Morgan fingerprint density at radius 2 is 1.91 bits per heavy atom. The molecule has 0 spiro atoms. The zero-order valence-electron chi connectivity index (χ0n) is 18.4. The van der Waals surface area contributed by atoms with Crippen LogP contribution in [-0.2, 0) is 11.4 Å². The first-order valence-electron chi connectivity index (χ1n) is 10.0. The minimum Gasteiger partial charge on any atom is -0.493 e. The number of halogens is 2. The number of aryl methyl sites for hydroxylation is 1. The lowest BCUT2D eigenvalue weighted by Gasteiger charge is -2.14. The number of nitrogens with one attached hydrogen (secondary N) is 1. The van der Waals surface area contributed by atoms with Crippen LogP contribution in [0.5, 0.6) is 11.5 Å². The summed E-state index contributed by atoms with van der Waals surface area (Å²) in [4.78, 5) is 12.7. The fourth-order valence-corrected chi connectivity index (χ4v) is 3.77. The molecule has 0 aromatic heterocycles. The van der Waals surface area contributed by atoms with Crippen molar-refractivity contribution >= 4 is 45.2 Å². The second-order valence-corrected chi connectivity index (χ2v) is 8.46. The fraction of sp³-hybridized carbons (Fsp3) is 0.115. The lowest BCUT2D eigenvalue weighted by atomic mass is 10.1. The van der Waals surface area contributed by atoms with Crippen molar-refractivity contribution in [2.24, 2.45) is 0 Å². The van der Waals surface area contributed by atoms with Gasteiger partial charge in [0.05, 0.1) is 18.7 Å². The summed E-state index contributed by atoms with van der Waals surface area (Å²) < 4.78 is 11.9. The van der Waals surface area contributed by atoms with E-state index in [1.807, 2.05) is 25.1 Å². The van der Waals surface area contributed by atoms with E-state index in [1.54, 1.807) is 42.5 Å². The maximum atomic E-state index is 12.7. The average Bonchev–Trinajstić information content (AvgIpc) is 2.83. The lowest BCUT2D eigenvalue weighted by Crippen LogP contribution is -2.14. The van der Waals surface area contributed by atoms with E-state index < -0.39 is 5.91 Å². The molecule has 0 atom stereocenters. The van der Waals surface area contributed by atoms with Crippen molar-refractivity contribution in [1.82, 2.24) is 0 Å². The second-order valence-electron chi connectivity index (χ2n) is 7.17. The Hall–Kier alpha value is -3.78. The summed E-state index contributed by atoms with van der Waals surface area (Å²) in [6.07, 6.45) is 1.46. The van der Waals surface area contributed by atoms with Crippen molar-refractivity contribution in [2.75, 3.05) is 12.4 Å². The van der Waals surface area contributed by atoms with Gasteiger partial charge >= 0.3 is 0 Å². The van der Waals surface area contributed by atoms with Gasteiger partial charge in [0.15, 0.2) is 11.5 Å². The van der Waals surface area contributed by atoms with Gasteiger partial charge in [-0.05, 0) is 60.5 Å². The number of nitrogens with zero attached hydrogens (tertiary/aromatic N) is 2. The molecule has 170 valence electrons. The van der Waals surface area contributed by atoms with Crippen LogP contribution in [0.15, 0.2) is 64.6 Å². The van der Waals surface area contributed by atoms with E-state index in [9.17, 15) is 15.3 Å². The monoisotopic (exact) mass is 535 g/mol. The average molecular weight is 537 g/mol. The molecule has 8 heteroatoms. The van der Waals surface area contributed by atoms with Gasteiger partial charge in [-0.25, -0.2) is 0 Å². The molecule has 0 bridgehead atoms. The SMILES string of the molecule is COc1cc(/C=C(\C#N)C(=O)Nc2ccc(Cl)cc2C)c(Br)cc1OCc1ccccc1C#N. The Labute approximate surface area is 211 Å². The molecule has 0 unspecified atom stereocenters. The first kappa shape index (κ1) is 24.9. The molecule has 1 amide bonds. The zero-order valence-corrected chi connectivity index (χ0v) is 20.7. The molecule has 0 aliphatic heterocycles. The highest BCUT2D eigenvalue weighted by Crippen LogP contribution is 2.35. The van der Waals surface area contributed by atoms with Gasteiger partial charge in [0, 0.05) is 20.7 Å². The molecular weight excluding hydrogens is 518 g/mol. The highest BCUT2D eigenvalue weighted by Gasteiger charge is 2.15. The number of hydrogen-bond donors (Lipinski definition) is 1. The Morgan fingerprint density at radius 3 is 2.59 bits per heavy atom. The third-order valence-corrected chi connectivity index (χ3v) is 5.83. The first-order valence-corrected chi connectivity index (χ1v) is 11.2. The molecule has 0 saturated carbocycles. The van der Waals surface area contributed by atoms with E-state index in [2.05, 4.69) is 27.3 Å². The molecule has 6 nitrogen and oxygen atoms in total. The normalized spacial score (nSPS) is 10.7. The molecule has 3 aromatic rings. The van der Waals surface area contributed by atoms with E-state index >= 15 is 0 Å². The third-order valence-electron chi connectivity index (χ3n) is 4.91. The number of rotatable bonds is 7. The summed E-state index contributed by atoms with van der Waals surface area (Å²) in [5.74, 6) is 0.307. The minimum absolute atomic E-state index is 0.0891. The Bertz CT molecular complexity index is 1360. The smallest absolute Gasteiger partial charge is 0.266 e. The van der Waals surface area contributed by atoms with E-state index in [1.165, 1.54) is 13.2 Å². The Kier molecular flexibility index (Phi) is 8.32. The zero-order chi connectivity index (χ0) is 24.7. The first-order chi connectivity index (χ1) is 16.4. The van der Waals surface area contributed by atoms with Crippen molar-refractivity contribution in [2.45, 2.75) is 13.5 Å². The standard InChI is InChI=1S/C26H19BrClN3O3/c1-16-9-21(28)7-8-23(16)31-26(32)20(14-30)10-19-11-24(33-2)25(12-22(19)27)34-15-18-6-4-3-5-17(18)13-29/h3-12H,15H2,1-2H3,(H,31,32)/b20-10+. The summed E-state index contributed by atoms with van der Waals surface area (Å²) in [5.41, 5.74) is 3.08. The summed E-state index contributed by atoms with van der Waals surface area (Å²) in [7, 11) is 1.49. The quantitative estimate of drug-likeness (QED) is 0.278. The number of amides is 1. The molecule has 0 heterocycles. The van der Waals surface area contributed by atoms with Crippen LogP contribution < -0.4 is 14.8 Å². The predicted molar refractivity (Wildman–Crippen MR) is 135 cm³/mol. The van der Waals surface area contributed by atoms with Gasteiger partial charge in [-0.15, -0.1) is 0 Å². The highest BCUT2D eigenvalue weighted by atomic mass is 79.9. The van der Waals surface area contributed by atoms with Gasteiger partial charge in [-0.2, -0.15) is 10.5 Å². The minimum atomic E-state index is -0.549. The topological polar surface area (TPSA) is 95.1 Å². The molecule has 34 heavy (non-hydrogen) atoms. The molecular formula is C26H19BrClN3O3. The molecule has 0 aliphatic carbocycles. The third kappa shape index (κ3) is 5.96. The Morgan fingerprint density at radius 1 is 1.15 bits per heavy atom. The molecule has 3 rings (SSSR count). The predicted octanol–water partition coefficient (Wildman–Crippen LogP) is 6.42. The van der Waals surface area contributed by atoms with Crippen LogP contribution in [-0.4, -0.2) is 13.0 Å². The number of ether oxygens (including phenoxy) is 2. The van der Waals surface area contributed by atoms with Crippen molar-refractivity contribution in [1.29, 1.82) is 10.5 Å². The number of carbonyl (C=O) groups is 1. The van der Waals surface area contributed by atoms with Crippen LogP contribution in [0.4, 0.5) is 5.69 Å². The second kappa shape index (κ2) is 11.4. The molecule has 1 N–H and O–H groups in total.